The van der Waals surface area contributed by atoms with Crippen molar-refractivity contribution in [3.05, 3.63) is 83.9 Å². The second-order valence-electron chi connectivity index (χ2n) is 8.17. The summed E-state index contributed by atoms with van der Waals surface area (Å²) < 4.78 is 67.9. The van der Waals surface area contributed by atoms with Crippen molar-refractivity contribution in [1.82, 2.24) is 0 Å². The van der Waals surface area contributed by atoms with Gasteiger partial charge in [0.05, 0.1) is 5.56 Å². The van der Waals surface area contributed by atoms with Crippen molar-refractivity contribution in [2.75, 3.05) is 0 Å². The molecule has 0 atom stereocenters. The fourth-order valence-corrected chi connectivity index (χ4v) is 4.19. The van der Waals surface area contributed by atoms with Crippen molar-refractivity contribution < 1.29 is 22.0 Å². The Morgan fingerprint density at radius 1 is 0.906 bits per heavy atom. The number of benzene rings is 3. The number of rotatable bonds is 2. The Morgan fingerprint density at radius 3 is 2.31 bits per heavy atom. The summed E-state index contributed by atoms with van der Waals surface area (Å²) in [7, 11) is 0. The standard InChI is InChI=1S/C27H21F5/c1-2-17-3-5-18(6-4-17)7-8-19-9-12-22(25(28)15-19)20-10-13-23-21(16-20)11-14-24(26(23)29)27(30,31)32/h2,9-18H,1,3-6H2. The van der Waals surface area contributed by atoms with Crippen LogP contribution in [0.2, 0.25) is 0 Å². The van der Waals surface area contributed by atoms with Gasteiger partial charge in [0.15, 0.2) is 0 Å². The first-order chi connectivity index (χ1) is 15.3. The number of hydrogen-bond donors (Lipinski definition) is 0. The molecule has 0 unspecified atom stereocenters. The molecule has 5 heteroatoms. The van der Waals surface area contributed by atoms with E-state index in [0.717, 1.165) is 25.7 Å². The maximum atomic E-state index is 14.8. The molecule has 4 rings (SSSR count). The number of alkyl halides is 3. The molecular formula is C27H21F5. The minimum absolute atomic E-state index is 0.155. The minimum atomic E-state index is -4.77. The summed E-state index contributed by atoms with van der Waals surface area (Å²) in [5, 5.41) is 0.115. The largest absolute Gasteiger partial charge is 0.419 e. The molecule has 0 N–H and O–H groups in total. The molecule has 0 saturated heterocycles. The van der Waals surface area contributed by atoms with Gasteiger partial charge in [-0.2, -0.15) is 13.2 Å². The van der Waals surface area contributed by atoms with Crippen LogP contribution in [0.15, 0.2) is 61.2 Å². The Hall–Kier alpha value is -3.13. The van der Waals surface area contributed by atoms with Crippen LogP contribution < -0.4 is 0 Å². The summed E-state index contributed by atoms with van der Waals surface area (Å²) in [6, 6.07) is 10.7. The highest BCUT2D eigenvalue weighted by molar-refractivity contribution is 5.88. The molecule has 1 aliphatic rings. The van der Waals surface area contributed by atoms with Crippen LogP contribution in [0.1, 0.15) is 36.8 Å². The Bertz CT molecular complexity index is 1220. The third kappa shape index (κ3) is 4.55. The van der Waals surface area contributed by atoms with E-state index in [4.69, 9.17) is 0 Å². The molecule has 1 fully saturated rings. The molecule has 1 aliphatic carbocycles. The summed E-state index contributed by atoms with van der Waals surface area (Å²) >= 11 is 0. The van der Waals surface area contributed by atoms with Gasteiger partial charge in [-0.05, 0) is 66.8 Å². The second kappa shape index (κ2) is 8.78. The molecule has 3 aromatic rings. The maximum absolute atomic E-state index is 14.8. The Labute approximate surface area is 183 Å². The predicted octanol–water partition coefficient (Wildman–Crippen LogP) is 8.15. The SMILES string of the molecule is C=CC1CCC(C#Cc2ccc(-c3ccc4c(F)c(C(F)(F)F)ccc4c3)c(F)c2)CC1. The van der Waals surface area contributed by atoms with Crippen LogP contribution in [-0.2, 0) is 6.18 Å². The lowest BCUT2D eigenvalue weighted by molar-refractivity contribution is -0.139. The molecule has 0 aromatic heterocycles. The van der Waals surface area contributed by atoms with E-state index in [0.29, 0.717) is 29.0 Å². The van der Waals surface area contributed by atoms with Crippen molar-refractivity contribution in [3.63, 3.8) is 0 Å². The third-order valence-electron chi connectivity index (χ3n) is 6.07. The first-order valence-corrected chi connectivity index (χ1v) is 10.5. The monoisotopic (exact) mass is 440 g/mol. The fraction of sp³-hybridized carbons (Fsp3) is 0.259. The van der Waals surface area contributed by atoms with Gasteiger partial charge in [-0.25, -0.2) is 8.78 Å². The molecule has 164 valence electrons. The predicted molar refractivity (Wildman–Crippen MR) is 117 cm³/mol. The van der Waals surface area contributed by atoms with Crippen molar-refractivity contribution in [2.45, 2.75) is 31.9 Å². The van der Waals surface area contributed by atoms with Crippen LogP contribution in [0, 0.1) is 35.3 Å². The highest BCUT2D eigenvalue weighted by Gasteiger charge is 2.34. The summed E-state index contributed by atoms with van der Waals surface area (Å²) in [6.45, 7) is 3.84. The lowest BCUT2D eigenvalue weighted by atomic mass is 9.82. The lowest BCUT2D eigenvalue weighted by Gasteiger charge is -2.22. The van der Waals surface area contributed by atoms with Gasteiger partial charge in [-0.15, -0.1) is 6.58 Å². The molecule has 0 spiro atoms. The van der Waals surface area contributed by atoms with Crippen LogP contribution in [0.5, 0.6) is 0 Å². The van der Waals surface area contributed by atoms with Crippen molar-refractivity contribution in [3.8, 4) is 23.0 Å². The summed E-state index contributed by atoms with van der Waals surface area (Å²) in [5.41, 5.74) is -0.00996. The van der Waals surface area contributed by atoms with Gasteiger partial charge in [0.1, 0.15) is 11.6 Å². The van der Waals surface area contributed by atoms with Gasteiger partial charge >= 0.3 is 6.18 Å². The minimum Gasteiger partial charge on any atom is -0.206 e. The third-order valence-corrected chi connectivity index (χ3v) is 6.07. The van der Waals surface area contributed by atoms with Crippen molar-refractivity contribution in [1.29, 1.82) is 0 Å². The number of allylic oxidation sites excluding steroid dienone is 1. The zero-order valence-corrected chi connectivity index (χ0v) is 17.3. The van der Waals surface area contributed by atoms with Gasteiger partial charge in [0.25, 0.3) is 0 Å². The first kappa shape index (κ1) is 22.1. The number of halogens is 5. The molecular weight excluding hydrogens is 419 g/mol. The molecule has 0 amide bonds. The Kier molecular flexibility index (Phi) is 6.06. The zero-order valence-electron chi connectivity index (χ0n) is 17.3. The average Bonchev–Trinajstić information content (AvgIpc) is 2.77. The van der Waals surface area contributed by atoms with E-state index in [1.807, 2.05) is 6.08 Å². The van der Waals surface area contributed by atoms with Gasteiger partial charge in [-0.1, -0.05) is 42.2 Å². The highest BCUT2D eigenvalue weighted by Crippen LogP contribution is 2.36. The summed E-state index contributed by atoms with van der Waals surface area (Å²) in [6.07, 6.45) is 1.38. The van der Waals surface area contributed by atoms with E-state index in [1.54, 1.807) is 12.1 Å². The van der Waals surface area contributed by atoms with E-state index in [9.17, 15) is 22.0 Å². The lowest BCUT2D eigenvalue weighted by Crippen LogP contribution is -2.11. The Morgan fingerprint density at radius 2 is 1.66 bits per heavy atom. The van der Waals surface area contributed by atoms with Crippen LogP contribution in [0.25, 0.3) is 21.9 Å². The molecule has 0 nitrogen and oxygen atoms in total. The van der Waals surface area contributed by atoms with Crippen LogP contribution in [0.4, 0.5) is 22.0 Å². The highest BCUT2D eigenvalue weighted by atomic mass is 19.4. The fourth-order valence-electron chi connectivity index (χ4n) is 4.19. The quantitative estimate of drug-likeness (QED) is 0.214. The van der Waals surface area contributed by atoms with Crippen molar-refractivity contribution in [2.24, 2.45) is 11.8 Å². The van der Waals surface area contributed by atoms with Gasteiger partial charge in [0, 0.05) is 22.4 Å². The molecule has 0 heterocycles. The second-order valence-corrected chi connectivity index (χ2v) is 8.17. The average molecular weight is 440 g/mol. The van der Waals surface area contributed by atoms with Gasteiger partial charge < -0.3 is 0 Å². The van der Waals surface area contributed by atoms with Crippen molar-refractivity contribution >= 4 is 10.8 Å². The van der Waals surface area contributed by atoms with Crippen LogP contribution >= 0.6 is 0 Å². The first-order valence-electron chi connectivity index (χ1n) is 10.5. The van der Waals surface area contributed by atoms with E-state index >= 15 is 0 Å². The number of hydrogen-bond acceptors (Lipinski definition) is 0. The molecule has 32 heavy (non-hydrogen) atoms. The zero-order chi connectivity index (χ0) is 22.9. The van der Waals surface area contributed by atoms with E-state index in [2.05, 4.69) is 18.4 Å². The Balaban J connectivity index is 1.58. The van der Waals surface area contributed by atoms with E-state index in [-0.39, 0.29) is 16.3 Å². The van der Waals surface area contributed by atoms with E-state index in [1.165, 1.54) is 30.3 Å². The van der Waals surface area contributed by atoms with Gasteiger partial charge in [-0.3, -0.25) is 0 Å². The normalized spacial score (nSPS) is 18.8. The maximum Gasteiger partial charge on any atom is 0.419 e. The molecule has 0 radical (unpaired) electrons. The number of fused-ring (bicyclic) bond motifs is 1. The summed E-state index contributed by atoms with van der Waals surface area (Å²) in [5.74, 6) is 5.33. The van der Waals surface area contributed by atoms with Gasteiger partial charge in [0.2, 0.25) is 0 Å². The molecule has 0 bridgehead atoms. The van der Waals surface area contributed by atoms with Crippen LogP contribution in [0.3, 0.4) is 0 Å². The molecule has 3 aromatic carbocycles. The van der Waals surface area contributed by atoms with Crippen LogP contribution in [-0.4, -0.2) is 0 Å². The molecule has 1 saturated carbocycles. The smallest absolute Gasteiger partial charge is 0.206 e. The molecule has 0 aliphatic heterocycles. The topological polar surface area (TPSA) is 0 Å². The summed E-state index contributed by atoms with van der Waals surface area (Å²) in [4.78, 5) is 0. The van der Waals surface area contributed by atoms with E-state index < -0.39 is 23.4 Å².